The second-order valence-electron chi connectivity index (χ2n) is 2.23. The van der Waals surface area contributed by atoms with Crippen LogP contribution < -0.4 is 0 Å². The van der Waals surface area contributed by atoms with Crippen molar-refractivity contribution in [1.29, 1.82) is 0 Å². The maximum atomic E-state index is 4.07. The summed E-state index contributed by atoms with van der Waals surface area (Å²) in [6.07, 6.45) is 0. The molecule has 0 N–H and O–H groups in total. The third-order valence-electron chi connectivity index (χ3n) is 1.50. The van der Waals surface area contributed by atoms with Crippen LogP contribution in [0.1, 0.15) is 5.56 Å². The summed E-state index contributed by atoms with van der Waals surface area (Å²) >= 11 is 1.58. The molecule has 1 nitrogen and oxygen atoms in total. The number of hydrogen-bond donors (Lipinski definition) is 0. The molecule has 0 atom stereocenters. The first-order chi connectivity index (χ1) is 4.88. The maximum Gasteiger partial charge on any atom is 0.153 e. The van der Waals surface area contributed by atoms with Crippen LogP contribution in [0.15, 0.2) is 18.2 Å². The number of benzene rings is 1. The third kappa shape index (κ3) is 0.727. The van der Waals surface area contributed by atoms with Crippen LogP contribution >= 0.6 is 11.3 Å². The first-order valence-corrected chi connectivity index (χ1v) is 3.92. The zero-order valence-electron chi connectivity index (χ0n) is 5.59. The molecule has 0 aliphatic heterocycles. The van der Waals surface area contributed by atoms with E-state index in [-0.39, 0.29) is 0 Å². The zero-order valence-corrected chi connectivity index (χ0v) is 6.40. The fraction of sp³-hybridized carbons (Fsp3) is 0.125. The van der Waals surface area contributed by atoms with Gasteiger partial charge in [-0.25, -0.2) is 4.98 Å². The van der Waals surface area contributed by atoms with Gasteiger partial charge in [0, 0.05) is 0 Å². The summed E-state index contributed by atoms with van der Waals surface area (Å²) in [4.78, 5) is 4.07. The van der Waals surface area contributed by atoms with Crippen LogP contribution in [0.5, 0.6) is 0 Å². The third-order valence-corrected chi connectivity index (χ3v) is 2.42. The number of rotatable bonds is 0. The van der Waals surface area contributed by atoms with Crippen molar-refractivity contribution in [2.75, 3.05) is 0 Å². The Morgan fingerprint density at radius 3 is 3.20 bits per heavy atom. The molecule has 0 amide bonds. The van der Waals surface area contributed by atoms with Crippen molar-refractivity contribution in [2.45, 2.75) is 6.92 Å². The molecule has 0 aliphatic carbocycles. The average molecular weight is 148 g/mol. The summed E-state index contributed by atoms with van der Waals surface area (Å²) in [5, 5.41) is 0. The molecule has 0 aliphatic rings. The quantitative estimate of drug-likeness (QED) is 0.559. The lowest BCUT2D eigenvalue weighted by atomic mass is 10.2. The molecule has 0 fully saturated rings. The van der Waals surface area contributed by atoms with E-state index in [0.29, 0.717) is 0 Å². The molecule has 49 valence electrons. The molecule has 1 aromatic carbocycles. The lowest BCUT2D eigenvalue weighted by Gasteiger charge is -1.90. The number of hydrogen-bond acceptors (Lipinski definition) is 2. The predicted octanol–water partition coefficient (Wildman–Crippen LogP) is 2.40. The second kappa shape index (κ2) is 2.06. The largest absolute Gasteiger partial charge is 0.233 e. The fourth-order valence-electron chi connectivity index (χ4n) is 0.975. The van der Waals surface area contributed by atoms with Gasteiger partial charge in [-0.05, 0) is 18.6 Å². The van der Waals surface area contributed by atoms with Gasteiger partial charge >= 0.3 is 0 Å². The lowest BCUT2D eigenvalue weighted by molar-refractivity contribution is 1.46. The van der Waals surface area contributed by atoms with Crippen LogP contribution in [0.4, 0.5) is 0 Å². The summed E-state index contributed by atoms with van der Waals surface area (Å²) in [7, 11) is 0. The molecule has 2 heteroatoms. The van der Waals surface area contributed by atoms with Crippen molar-refractivity contribution in [2.24, 2.45) is 0 Å². The number of nitrogens with zero attached hydrogens (tertiary/aromatic N) is 1. The van der Waals surface area contributed by atoms with Crippen LogP contribution in [-0.4, -0.2) is 4.98 Å². The van der Waals surface area contributed by atoms with Gasteiger partial charge in [-0.15, -0.1) is 11.3 Å². The van der Waals surface area contributed by atoms with Crippen LogP contribution in [0.25, 0.3) is 10.2 Å². The van der Waals surface area contributed by atoms with E-state index in [1.54, 1.807) is 11.3 Å². The first-order valence-electron chi connectivity index (χ1n) is 3.10. The smallest absolute Gasteiger partial charge is 0.153 e. The highest BCUT2D eigenvalue weighted by Gasteiger charge is 1.96. The van der Waals surface area contributed by atoms with Crippen molar-refractivity contribution < 1.29 is 0 Å². The summed E-state index contributed by atoms with van der Waals surface area (Å²) in [6, 6.07) is 6.12. The number of thiazole rings is 1. The van der Waals surface area contributed by atoms with Gasteiger partial charge in [0.25, 0.3) is 0 Å². The summed E-state index contributed by atoms with van der Waals surface area (Å²) in [6.45, 7) is 2.09. The van der Waals surface area contributed by atoms with Gasteiger partial charge < -0.3 is 0 Å². The Morgan fingerprint density at radius 1 is 1.50 bits per heavy atom. The molecule has 2 aromatic rings. The van der Waals surface area contributed by atoms with Crippen LogP contribution in [0.3, 0.4) is 0 Å². The average Bonchev–Trinajstić information content (AvgIpc) is 2.36. The predicted molar refractivity (Wildman–Crippen MR) is 43.2 cm³/mol. The Kier molecular flexibility index (Phi) is 1.21. The normalized spacial score (nSPS) is 10.5. The van der Waals surface area contributed by atoms with Gasteiger partial charge in [-0.2, -0.15) is 0 Å². The lowest BCUT2D eigenvalue weighted by Crippen LogP contribution is -1.70. The Balaban J connectivity index is 2.95. The van der Waals surface area contributed by atoms with E-state index >= 15 is 0 Å². The minimum atomic E-state index is 1.06. The number of fused-ring (bicyclic) bond motifs is 1. The fourth-order valence-corrected chi connectivity index (χ4v) is 1.66. The minimum absolute atomic E-state index is 1.06. The van der Waals surface area contributed by atoms with Crippen molar-refractivity contribution in [3.63, 3.8) is 0 Å². The van der Waals surface area contributed by atoms with E-state index < -0.39 is 0 Å². The monoisotopic (exact) mass is 148 g/mol. The van der Waals surface area contributed by atoms with E-state index in [1.165, 1.54) is 10.3 Å². The van der Waals surface area contributed by atoms with Gasteiger partial charge in [-0.1, -0.05) is 12.1 Å². The summed E-state index contributed by atoms with van der Waals surface area (Å²) in [5.74, 6) is 0. The molecule has 10 heavy (non-hydrogen) atoms. The maximum absolute atomic E-state index is 4.07. The molecule has 0 saturated carbocycles. The number of aryl methyl sites for hydroxylation is 1. The Labute approximate surface area is 63.3 Å². The highest BCUT2D eigenvalue weighted by molar-refractivity contribution is 7.16. The highest BCUT2D eigenvalue weighted by atomic mass is 32.1. The highest BCUT2D eigenvalue weighted by Crippen LogP contribution is 2.20. The topological polar surface area (TPSA) is 12.9 Å². The molecule has 0 spiro atoms. The van der Waals surface area contributed by atoms with E-state index in [9.17, 15) is 0 Å². The zero-order chi connectivity index (χ0) is 6.97. The first kappa shape index (κ1) is 5.86. The molecule has 0 unspecified atom stereocenters. The standard InChI is InChI=1S/C8H6NS/c1-6-3-2-4-7-8(6)10-5-9-7/h2-4H,1H3. The summed E-state index contributed by atoms with van der Waals surface area (Å²) in [5.41, 5.74) is 5.22. The van der Waals surface area contributed by atoms with Gasteiger partial charge in [0.05, 0.1) is 10.2 Å². The van der Waals surface area contributed by atoms with E-state index in [2.05, 4.69) is 23.5 Å². The van der Waals surface area contributed by atoms with Gasteiger partial charge in [0.1, 0.15) is 0 Å². The Bertz CT molecular complexity index is 351. The Morgan fingerprint density at radius 2 is 2.40 bits per heavy atom. The van der Waals surface area contributed by atoms with Crippen LogP contribution in [0.2, 0.25) is 0 Å². The van der Waals surface area contributed by atoms with E-state index in [0.717, 1.165) is 5.52 Å². The molecule has 1 radical (unpaired) electrons. The van der Waals surface area contributed by atoms with E-state index in [1.807, 2.05) is 12.1 Å². The summed E-state index contributed by atoms with van der Waals surface area (Å²) < 4.78 is 1.25. The number of aromatic nitrogens is 1. The van der Waals surface area contributed by atoms with Gasteiger partial charge in [0.15, 0.2) is 5.51 Å². The second-order valence-corrected chi connectivity index (χ2v) is 3.02. The van der Waals surface area contributed by atoms with Crippen molar-refractivity contribution >= 4 is 21.6 Å². The molecule has 1 aromatic heterocycles. The van der Waals surface area contributed by atoms with E-state index in [4.69, 9.17) is 0 Å². The van der Waals surface area contributed by atoms with Crippen LogP contribution in [0, 0.1) is 12.4 Å². The van der Waals surface area contributed by atoms with Gasteiger partial charge in [-0.3, -0.25) is 0 Å². The molecular formula is C8H6NS. The van der Waals surface area contributed by atoms with Gasteiger partial charge in [0.2, 0.25) is 0 Å². The molecule has 1 heterocycles. The van der Waals surface area contributed by atoms with Crippen molar-refractivity contribution in [3.05, 3.63) is 29.3 Å². The molecule has 0 bridgehead atoms. The van der Waals surface area contributed by atoms with Crippen LogP contribution in [-0.2, 0) is 0 Å². The SMILES string of the molecule is Cc1cccc2n[c]sc12. The molecule has 0 saturated heterocycles. The van der Waals surface area contributed by atoms with Crippen molar-refractivity contribution in [3.8, 4) is 0 Å². The van der Waals surface area contributed by atoms with Crippen molar-refractivity contribution in [1.82, 2.24) is 4.98 Å². The molecular weight excluding hydrogens is 142 g/mol. The minimum Gasteiger partial charge on any atom is -0.233 e. The Hall–Kier alpha value is -0.890. The molecule has 2 rings (SSSR count).